The molecule has 1 aromatic carbocycles. The van der Waals surface area contributed by atoms with E-state index in [0.717, 1.165) is 5.56 Å². The summed E-state index contributed by atoms with van der Waals surface area (Å²) in [5.41, 5.74) is 0.732. The minimum absolute atomic E-state index is 0.230. The van der Waals surface area contributed by atoms with Gasteiger partial charge in [-0.05, 0) is 32.4 Å². The Bertz CT molecular complexity index is 542. The fraction of sp³-hybridized carbons (Fsp3) is 0.333. The third-order valence-electron chi connectivity index (χ3n) is 2.82. The Morgan fingerprint density at radius 2 is 2.19 bits per heavy atom. The number of ether oxygens (including phenoxy) is 1. The summed E-state index contributed by atoms with van der Waals surface area (Å²) >= 11 is 5.95. The van der Waals surface area contributed by atoms with Gasteiger partial charge in [-0.25, -0.2) is 4.79 Å². The van der Waals surface area contributed by atoms with Gasteiger partial charge >= 0.3 is 5.97 Å². The Morgan fingerprint density at radius 3 is 2.81 bits per heavy atom. The summed E-state index contributed by atoms with van der Waals surface area (Å²) in [6, 6.07) is 4.18. The van der Waals surface area contributed by atoms with E-state index in [4.69, 9.17) is 21.4 Å². The van der Waals surface area contributed by atoms with Gasteiger partial charge in [-0.1, -0.05) is 29.8 Å². The minimum atomic E-state index is -1.08. The van der Waals surface area contributed by atoms with Crippen molar-refractivity contribution in [1.29, 1.82) is 0 Å². The van der Waals surface area contributed by atoms with Crippen LogP contribution in [0.4, 0.5) is 0 Å². The van der Waals surface area contributed by atoms with Crippen molar-refractivity contribution >= 4 is 23.5 Å². The molecule has 0 fully saturated rings. The summed E-state index contributed by atoms with van der Waals surface area (Å²) in [5.74, 6) is -1.08. The van der Waals surface area contributed by atoms with Gasteiger partial charge in [-0.2, -0.15) is 0 Å². The summed E-state index contributed by atoms with van der Waals surface area (Å²) < 4.78 is 5.36. The van der Waals surface area contributed by atoms with Crippen molar-refractivity contribution in [3.63, 3.8) is 0 Å². The van der Waals surface area contributed by atoms with Crippen LogP contribution in [0.3, 0.4) is 0 Å². The van der Waals surface area contributed by atoms with Crippen molar-refractivity contribution < 1.29 is 19.4 Å². The highest BCUT2D eigenvalue weighted by Gasteiger charge is 2.18. The Kier molecular flexibility index (Phi) is 6.75. The van der Waals surface area contributed by atoms with Gasteiger partial charge in [0.25, 0.3) is 5.91 Å². The number of nitrogens with one attached hydrogen (secondary N) is 1. The first-order valence-corrected chi connectivity index (χ1v) is 6.84. The number of hydrogen-bond acceptors (Lipinski definition) is 3. The van der Waals surface area contributed by atoms with Crippen molar-refractivity contribution in [1.82, 2.24) is 5.32 Å². The van der Waals surface area contributed by atoms with Gasteiger partial charge in [0.05, 0.1) is 0 Å². The number of carboxylic acid groups (broad SMARTS) is 1. The van der Waals surface area contributed by atoms with Gasteiger partial charge in [-0.3, -0.25) is 4.79 Å². The molecule has 0 bridgehead atoms. The molecule has 0 saturated heterocycles. The molecule has 6 heteroatoms. The van der Waals surface area contributed by atoms with Crippen LogP contribution in [0, 0.1) is 6.92 Å². The SMILES string of the molecule is C/C=C/CC(NC(=O)COc1cccc(Cl)c1C)C(=O)O. The molecule has 0 aliphatic heterocycles. The molecule has 1 amide bonds. The summed E-state index contributed by atoms with van der Waals surface area (Å²) in [6.07, 6.45) is 3.64. The molecular formula is C15H18ClNO4. The fourth-order valence-electron chi connectivity index (χ4n) is 1.62. The zero-order chi connectivity index (χ0) is 15.8. The van der Waals surface area contributed by atoms with E-state index in [9.17, 15) is 9.59 Å². The second-order valence-corrected chi connectivity index (χ2v) is 4.82. The van der Waals surface area contributed by atoms with Crippen molar-refractivity contribution in [2.24, 2.45) is 0 Å². The molecule has 0 saturated carbocycles. The van der Waals surface area contributed by atoms with E-state index < -0.39 is 17.9 Å². The van der Waals surface area contributed by atoms with Crippen molar-refractivity contribution in [2.75, 3.05) is 6.61 Å². The minimum Gasteiger partial charge on any atom is -0.483 e. The smallest absolute Gasteiger partial charge is 0.326 e. The number of halogens is 1. The maximum atomic E-state index is 11.7. The van der Waals surface area contributed by atoms with Gasteiger partial charge < -0.3 is 15.2 Å². The van der Waals surface area contributed by atoms with Crippen LogP contribution >= 0.6 is 11.6 Å². The number of hydrogen-bond donors (Lipinski definition) is 2. The Morgan fingerprint density at radius 1 is 1.48 bits per heavy atom. The lowest BCUT2D eigenvalue weighted by atomic mass is 10.2. The normalized spacial score (nSPS) is 12.1. The number of carbonyl (C=O) groups excluding carboxylic acids is 1. The fourth-order valence-corrected chi connectivity index (χ4v) is 1.78. The van der Waals surface area contributed by atoms with Crippen LogP contribution in [0.25, 0.3) is 0 Å². The van der Waals surface area contributed by atoms with E-state index >= 15 is 0 Å². The van der Waals surface area contributed by atoms with Crippen LogP contribution < -0.4 is 10.1 Å². The molecule has 0 aliphatic carbocycles. The molecule has 21 heavy (non-hydrogen) atoms. The van der Waals surface area contributed by atoms with Crippen LogP contribution in [0.1, 0.15) is 18.9 Å². The summed E-state index contributed by atoms with van der Waals surface area (Å²) in [4.78, 5) is 22.7. The third kappa shape index (κ3) is 5.47. The molecule has 114 valence electrons. The lowest BCUT2D eigenvalue weighted by Crippen LogP contribution is -2.42. The number of benzene rings is 1. The second-order valence-electron chi connectivity index (χ2n) is 4.41. The molecule has 0 aliphatic rings. The van der Waals surface area contributed by atoms with Crippen molar-refractivity contribution in [3.8, 4) is 5.75 Å². The Hall–Kier alpha value is -2.01. The quantitative estimate of drug-likeness (QED) is 0.759. The van der Waals surface area contributed by atoms with Crippen LogP contribution in [-0.2, 0) is 9.59 Å². The van der Waals surface area contributed by atoms with E-state index in [0.29, 0.717) is 10.8 Å². The molecule has 5 nitrogen and oxygen atoms in total. The van der Waals surface area contributed by atoms with E-state index in [1.807, 2.05) is 0 Å². The molecule has 0 heterocycles. The molecular weight excluding hydrogens is 294 g/mol. The molecule has 0 aromatic heterocycles. The Balaban J connectivity index is 2.56. The van der Waals surface area contributed by atoms with Crippen LogP contribution in [0.5, 0.6) is 5.75 Å². The topological polar surface area (TPSA) is 75.6 Å². The van der Waals surface area contributed by atoms with E-state index in [2.05, 4.69) is 5.32 Å². The number of aliphatic carboxylic acids is 1. The van der Waals surface area contributed by atoms with Gasteiger partial charge in [0.15, 0.2) is 6.61 Å². The zero-order valence-electron chi connectivity index (χ0n) is 11.9. The standard InChI is InChI=1S/C15H18ClNO4/c1-3-4-7-12(15(19)20)17-14(18)9-21-13-8-5-6-11(16)10(13)2/h3-6,8,12H,7,9H2,1-2H3,(H,17,18)(H,19,20)/b4-3+. The molecule has 1 atom stereocenters. The second kappa shape index (κ2) is 8.32. The maximum absolute atomic E-state index is 11.7. The number of amides is 1. The van der Waals surface area contributed by atoms with Gasteiger partial charge in [0.1, 0.15) is 11.8 Å². The van der Waals surface area contributed by atoms with Gasteiger partial charge in [-0.15, -0.1) is 0 Å². The van der Waals surface area contributed by atoms with E-state index in [1.54, 1.807) is 44.2 Å². The first-order valence-electron chi connectivity index (χ1n) is 6.47. The highest BCUT2D eigenvalue weighted by molar-refractivity contribution is 6.31. The lowest BCUT2D eigenvalue weighted by Gasteiger charge is -2.14. The average molecular weight is 312 g/mol. The molecule has 0 spiro atoms. The number of carbonyl (C=O) groups is 2. The Labute approximate surface area is 128 Å². The van der Waals surface area contributed by atoms with Crippen molar-refractivity contribution in [3.05, 3.63) is 40.9 Å². The van der Waals surface area contributed by atoms with Crippen LogP contribution in [-0.4, -0.2) is 29.6 Å². The predicted octanol–water partition coefficient (Wildman–Crippen LogP) is 2.56. The van der Waals surface area contributed by atoms with Crippen molar-refractivity contribution in [2.45, 2.75) is 26.3 Å². The summed E-state index contributed by atoms with van der Waals surface area (Å²) in [7, 11) is 0. The monoisotopic (exact) mass is 311 g/mol. The number of allylic oxidation sites excluding steroid dienone is 1. The summed E-state index contributed by atoms with van der Waals surface area (Å²) in [5, 5.41) is 12.0. The first kappa shape index (κ1) is 17.0. The average Bonchev–Trinajstić information content (AvgIpc) is 2.44. The predicted molar refractivity (Wildman–Crippen MR) is 80.7 cm³/mol. The highest BCUT2D eigenvalue weighted by atomic mass is 35.5. The van der Waals surface area contributed by atoms with E-state index in [-0.39, 0.29) is 13.0 Å². The first-order chi connectivity index (χ1) is 9.95. The van der Waals surface area contributed by atoms with Crippen LogP contribution in [0.15, 0.2) is 30.4 Å². The molecule has 2 N–H and O–H groups in total. The number of carboxylic acids is 1. The molecule has 0 radical (unpaired) electrons. The lowest BCUT2D eigenvalue weighted by molar-refractivity contribution is -0.142. The molecule has 1 aromatic rings. The highest BCUT2D eigenvalue weighted by Crippen LogP contribution is 2.24. The van der Waals surface area contributed by atoms with Gasteiger partial charge in [0.2, 0.25) is 0 Å². The van der Waals surface area contributed by atoms with E-state index in [1.165, 1.54) is 0 Å². The van der Waals surface area contributed by atoms with Gasteiger partial charge in [0, 0.05) is 10.6 Å². The maximum Gasteiger partial charge on any atom is 0.326 e. The largest absolute Gasteiger partial charge is 0.483 e. The zero-order valence-corrected chi connectivity index (χ0v) is 12.7. The van der Waals surface area contributed by atoms with Crippen LogP contribution in [0.2, 0.25) is 5.02 Å². The number of rotatable bonds is 7. The molecule has 1 unspecified atom stereocenters. The third-order valence-corrected chi connectivity index (χ3v) is 3.23. The molecule has 1 rings (SSSR count). The summed E-state index contributed by atoms with van der Waals surface area (Å²) in [6.45, 7) is 3.30.